The van der Waals surface area contributed by atoms with Gasteiger partial charge >= 0.3 is 5.97 Å². The van der Waals surface area contributed by atoms with Crippen LogP contribution in [0, 0.1) is 6.92 Å². The average molecular weight is 551 g/mol. The van der Waals surface area contributed by atoms with E-state index in [0.717, 1.165) is 16.0 Å². The van der Waals surface area contributed by atoms with Crippen LogP contribution in [0.25, 0.3) is 0 Å². The number of aryl methyl sites for hydroxylation is 1. The average Bonchev–Trinajstić information content (AvgIpc) is 3.17. The lowest BCUT2D eigenvalue weighted by Gasteiger charge is -2.26. The molecular formula is C33H27ClN2O4. The van der Waals surface area contributed by atoms with Gasteiger partial charge in [0.05, 0.1) is 11.3 Å². The van der Waals surface area contributed by atoms with Crippen LogP contribution in [0.5, 0.6) is 5.75 Å². The lowest BCUT2D eigenvalue weighted by Crippen LogP contribution is -2.32. The monoisotopic (exact) mass is 550 g/mol. The highest BCUT2D eigenvalue weighted by atomic mass is 35.5. The van der Waals surface area contributed by atoms with Gasteiger partial charge in [-0.15, -0.1) is 0 Å². The predicted octanol–water partition coefficient (Wildman–Crippen LogP) is 6.98. The number of ether oxygens (including phenoxy) is 1. The molecule has 0 atom stereocenters. The molecule has 0 aromatic heterocycles. The van der Waals surface area contributed by atoms with Crippen LogP contribution < -0.4 is 15.0 Å². The summed E-state index contributed by atoms with van der Waals surface area (Å²) in [6.07, 6.45) is 0. The molecule has 0 saturated carbocycles. The van der Waals surface area contributed by atoms with Crippen molar-refractivity contribution in [2.24, 2.45) is 0 Å². The van der Waals surface area contributed by atoms with E-state index in [1.165, 1.54) is 5.56 Å². The van der Waals surface area contributed by atoms with Gasteiger partial charge in [-0.3, -0.25) is 9.59 Å². The molecule has 4 aromatic rings. The van der Waals surface area contributed by atoms with Crippen molar-refractivity contribution in [3.05, 3.63) is 136 Å². The number of benzene rings is 4. The summed E-state index contributed by atoms with van der Waals surface area (Å²) in [5.41, 5.74) is 4.13. The summed E-state index contributed by atoms with van der Waals surface area (Å²) in [7, 11) is 0. The zero-order chi connectivity index (χ0) is 28.4. The van der Waals surface area contributed by atoms with Gasteiger partial charge in [0.15, 0.2) is 0 Å². The number of esters is 1. The Labute approximate surface area is 237 Å². The van der Waals surface area contributed by atoms with Crippen molar-refractivity contribution in [1.29, 1.82) is 0 Å². The number of hydrogen-bond donors (Lipinski definition) is 1. The molecule has 0 unspecified atom stereocenters. The Balaban J connectivity index is 1.25. The molecule has 6 nitrogen and oxygen atoms in total. The van der Waals surface area contributed by atoms with Crippen LogP contribution in [-0.2, 0) is 15.0 Å². The summed E-state index contributed by atoms with van der Waals surface area (Å²) in [6, 6.07) is 31.2. The number of hydrogen-bond acceptors (Lipinski definition) is 5. The zero-order valence-corrected chi connectivity index (χ0v) is 23.0. The van der Waals surface area contributed by atoms with Gasteiger partial charge in [-0.2, -0.15) is 0 Å². The Morgan fingerprint density at radius 2 is 1.38 bits per heavy atom. The Kier molecular flexibility index (Phi) is 7.28. The normalized spacial score (nSPS) is 13.6. The molecule has 4 aromatic carbocycles. The molecule has 0 bridgehead atoms. The number of nitrogens with zero attached hydrogens (tertiary/aromatic N) is 1. The maximum atomic E-state index is 13.1. The molecule has 200 valence electrons. The molecule has 0 aliphatic carbocycles. The second-order valence-corrected chi connectivity index (χ2v) is 10.4. The number of amides is 2. The van der Waals surface area contributed by atoms with Gasteiger partial charge in [-0.25, -0.2) is 9.69 Å². The van der Waals surface area contributed by atoms with Crippen LogP contribution in [-0.4, -0.2) is 17.8 Å². The first kappa shape index (κ1) is 26.9. The predicted molar refractivity (Wildman–Crippen MR) is 157 cm³/mol. The van der Waals surface area contributed by atoms with Gasteiger partial charge in [0.1, 0.15) is 16.5 Å². The first-order chi connectivity index (χ1) is 19.2. The van der Waals surface area contributed by atoms with E-state index in [-0.39, 0.29) is 16.1 Å². The number of carbonyl (C=O) groups excluding carboxylic acids is 3. The second kappa shape index (κ2) is 10.8. The molecule has 1 heterocycles. The summed E-state index contributed by atoms with van der Waals surface area (Å²) in [6.45, 7) is 6.11. The number of anilines is 2. The van der Waals surface area contributed by atoms with Gasteiger partial charge in [-0.05, 0) is 66.1 Å². The fraction of sp³-hybridized carbons (Fsp3) is 0.121. The van der Waals surface area contributed by atoms with E-state index < -0.39 is 17.8 Å². The maximum Gasteiger partial charge on any atom is 0.343 e. The molecule has 1 aliphatic rings. The molecule has 7 heteroatoms. The summed E-state index contributed by atoms with van der Waals surface area (Å²) in [5.74, 6) is -1.23. The minimum atomic E-state index is -0.596. The van der Waals surface area contributed by atoms with Crippen LogP contribution >= 0.6 is 11.6 Å². The SMILES string of the molecule is Cc1ccccc1N1C(=O)C(Cl)=C(Nc2ccc(C(=O)Oc3ccc(C(C)(C)c4ccccc4)cc3)cc2)C1=O. The topological polar surface area (TPSA) is 75.7 Å². The number of halogens is 1. The van der Waals surface area contributed by atoms with E-state index >= 15 is 0 Å². The van der Waals surface area contributed by atoms with Crippen molar-refractivity contribution in [1.82, 2.24) is 0 Å². The number of rotatable bonds is 7. The van der Waals surface area contributed by atoms with Gasteiger partial charge in [0.25, 0.3) is 11.8 Å². The van der Waals surface area contributed by atoms with Crippen LogP contribution in [0.2, 0.25) is 0 Å². The zero-order valence-electron chi connectivity index (χ0n) is 22.3. The van der Waals surface area contributed by atoms with E-state index in [0.29, 0.717) is 22.7 Å². The fourth-order valence-electron chi connectivity index (χ4n) is 4.61. The number of carbonyl (C=O) groups is 3. The first-order valence-electron chi connectivity index (χ1n) is 12.8. The lowest BCUT2D eigenvalue weighted by atomic mass is 9.78. The Morgan fingerprint density at radius 1 is 0.775 bits per heavy atom. The van der Waals surface area contributed by atoms with Crippen molar-refractivity contribution >= 4 is 40.8 Å². The summed E-state index contributed by atoms with van der Waals surface area (Å²) in [4.78, 5) is 39.6. The minimum absolute atomic E-state index is 0.0243. The van der Waals surface area contributed by atoms with Crippen molar-refractivity contribution in [2.45, 2.75) is 26.2 Å². The quantitative estimate of drug-likeness (QED) is 0.153. The molecule has 0 radical (unpaired) electrons. The van der Waals surface area contributed by atoms with E-state index in [1.54, 1.807) is 48.5 Å². The number of nitrogens with one attached hydrogen (secondary N) is 1. The van der Waals surface area contributed by atoms with E-state index in [4.69, 9.17) is 16.3 Å². The highest BCUT2D eigenvalue weighted by Gasteiger charge is 2.39. The maximum absolute atomic E-state index is 13.1. The smallest absolute Gasteiger partial charge is 0.343 e. The van der Waals surface area contributed by atoms with E-state index in [1.807, 2.05) is 49.4 Å². The molecule has 1 aliphatic heterocycles. The van der Waals surface area contributed by atoms with Crippen molar-refractivity contribution in [2.75, 3.05) is 10.2 Å². The molecule has 2 amide bonds. The molecule has 0 fully saturated rings. The Hall–Kier alpha value is -4.68. The van der Waals surface area contributed by atoms with Crippen LogP contribution in [0.4, 0.5) is 11.4 Å². The van der Waals surface area contributed by atoms with Crippen LogP contribution in [0.1, 0.15) is 40.9 Å². The largest absolute Gasteiger partial charge is 0.423 e. The number of imide groups is 1. The highest BCUT2D eigenvalue weighted by molar-refractivity contribution is 6.53. The lowest BCUT2D eigenvalue weighted by molar-refractivity contribution is -0.120. The van der Waals surface area contributed by atoms with Crippen molar-refractivity contribution in [3.8, 4) is 5.75 Å². The third-order valence-corrected chi connectivity index (χ3v) is 7.41. The Morgan fingerprint density at radius 3 is 2.02 bits per heavy atom. The third kappa shape index (κ3) is 5.14. The molecule has 40 heavy (non-hydrogen) atoms. The standard InChI is InChI=1S/C33H27ClN2O4/c1-21-9-7-8-12-27(21)36-30(37)28(34)29(31(36)38)35-25-17-13-22(14-18-25)32(39)40-26-19-15-24(16-20-26)33(2,3)23-10-5-4-6-11-23/h4-20,35H,1-3H3. The van der Waals surface area contributed by atoms with Gasteiger partial charge in [0, 0.05) is 11.1 Å². The fourth-order valence-corrected chi connectivity index (χ4v) is 4.82. The summed E-state index contributed by atoms with van der Waals surface area (Å²) in [5, 5.41) is 2.72. The molecule has 5 rings (SSSR count). The molecule has 0 saturated heterocycles. The minimum Gasteiger partial charge on any atom is -0.423 e. The third-order valence-electron chi connectivity index (χ3n) is 7.06. The first-order valence-corrected chi connectivity index (χ1v) is 13.1. The summed E-state index contributed by atoms with van der Waals surface area (Å²) >= 11 is 6.25. The van der Waals surface area contributed by atoms with Crippen molar-refractivity contribution < 1.29 is 19.1 Å². The summed E-state index contributed by atoms with van der Waals surface area (Å²) < 4.78 is 5.57. The second-order valence-electron chi connectivity index (χ2n) is 10.0. The van der Waals surface area contributed by atoms with E-state index in [2.05, 4.69) is 31.3 Å². The van der Waals surface area contributed by atoms with Gasteiger partial charge in [-0.1, -0.05) is 86.1 Å². The number of para-hydroxylation sites is 1. The van der Waals surface area contributed by atoms with Gasteiger partial charge < -0.3 is 10.1 Å². The highest BCUT2D eigenvalue weighted by Crippen LogP contribution is 2.33. The van der Waals surface area contributed by atoms with Gasteiger partial charge in [0.2, 0.25) is 0 Å². The molecule has 0 spiro atoms. The van der Waals surface area contributed by atoms with Crippen molar-refractivity contribution in [3.63, 3.8) is 0 Å². The van der Waals surface area contributed by atoms with Crippen LogP contribution in [0.15, 0.2) is 114 Å². The van der Waals surface area contributed by atoms with E-state index in [9.17, 15) is 14.4 Å². The van der Waals surface area contributed by atoms with Crippen LogP contribution in [0.3, 0.4) is 0 Å². The molecule has 1 N–H and O–H groups in total. The molecular weight excluding hydrogens is 524 g/mol. The Bertz CT molecular complexity index is 1630.